The van der Waals surface area contributed by atoms with Gasteiger partial charge in [-0.05, 0) is 53.9 Å². The van der Waals surface area contributed by atoms with Gasteiger partial charge in [-0.3, -0.25) is 14.9 Å². The number of amides is 1. The largest absolute Gasteiger partial charge is 0.338 e. The molecule has 0 aliphatic carbocycles. The van der Waals surface area contributed by atoms with E-state index in [1.807, 2.05) is 42.5 Å². The number of rotatable bonds is 7. The van der Waals surface area contributed by atoms with Crippen LogP contribution in [-0.2, 0) is 4.79 Å². The molecular weight excluding hydrogens is 479 g/mol. The van der Waals surface area contributed by atoms with Crippen molar-refractivity contribution in [2.24, 2.45) is 0 Å². The van der Waals surface area contributed by atoms with E-state index in [1.54, 1.807) is 30.7 Å². The Hall–Kier alpha value is -4.85. The van der Waals surface area contributed by atoms with Crippen molar-refractivity contribution in [1.29, 1.82) is 0 Å². The predicted molar refractivity (Wildman–Crippen MR) is 148 cm³/mol. The minimum absolute atomic E-state index is 0.0134. The van der Waals surface area contributed by atoms with E-state index in [0.717, 1.165) is 57.2 Å². The molecule has 0 saturated heterocycles. The standard InChI is InChI=1S/C30H25FN6O/c1-2-3-8-28(38)34-20-13-19(16-32-17-20)18-9-10-26-24(14-18)29(37-36-26)27-15-23-21(11-12-33-30(23)35-27)22-6-4-5-7-25(22)31/h4-7,9-17H,2-3,8H2,1H3,(H,33,35)(H,34,38)(H,36,37). The molecule has 0 saturated carbocycles. The molecule has 2 aromatic carbocycles. The number of nitrogens with zero attached hydrogens (tertiary/aromatic N) is 3. The lowest BCUT2D eigenvalue weighted by Crippen LogP contribution is -2.11. The minimum Gasteiger partial charge on any atom is -0.338 e. The van der Waals surface area contributed by atoms with Crippen LogP contribution in [0.2, 0.25) is 0 Å². The molecule has 0 radical (unpaired) electrons. The average molecular weight is 505 g/mol. The predicted octanol–water partition coefficient (Wildman–Crippen LogP) is 7.10. The van der Waals surface area contributed by atoms with Crippen molar-refractivity contribution in [3.63, 3.8) is 0 Å². The highest BCUT2D eigenvalue weighted by Gasteiger charge is 2.16. The molecule has 8 heteroatoms. The molecule has 4 heterocycles. The van der Waals surface area contributed by atoms with Gasteiger partial charge < -0.3 is 10.3 Å². The molecule has 38 heavy (non-hydrogen) atoms. The molecule has 6 rings (SSSR count). The lowest BCUT2D eigenvalue weighted by molar-refractivity contribution is -0.116. The number of benzene rings is 2. The Morgan fingerprint density at radius 3 is 2.74 bits per heavy atom. The SMILES string of the molecule is CCCCC(=O)Nc1cncc(-c2ccc3[nH]nc(-c4cc5c(-c6ccccc6F)ccnc5[nH]4)c3c2)c1. The van der Waals surface area contributed by atoms with Crippen LogP contribution in [0.3, 0.4) is 0 Å². The zero-order valence-corrected chi connectivity index (χ0v) is 20.8. The van der Waals surface area contributed by atoms with Crippen molar-refractivity contribution in [2.45, 2.75) is 26.2 Å². The van der Waals surface area contributed by atoms with Gasteiger partial charge in [-0.1, -0.05) is 37.6 Å². The van der Waals surface area contributed by atoms with E-state index in [1.165, 1.54) is 6.07 Å². The maximum atomic E-state index is 14.6. The highest BCUT2D eigenvalue weighted by Crippen LogP contribution is 2.35. The van der Waals surface area contributed by atoms with Gasteiger partial charge in [-0.15, -0.1) is 0 Å². The summed E-state index contributed by atoms with van der Waals surface area (Å²) in [5, 5.41) is 12.3. The molecule has 0 aliphatic rings. The highest BCUT2D eigenvalue weighted by molar-refractivity contribution is 6.01. The lowest BCUT2D eigenvalue weighted by Gasteiger charge is -2.07. The smallest absolute Gasteiger partial charge is 0.224 e. The molecule has 6 aromatic rings. The minimum atomic E-state index is -0.282. The summed E-state index contributed by atoms with van der Waals surface area (Å²) in [6.07, 6.45) is 7.41. The van der Waals surface area contributed by atoms with Gasteiger partial charge in [0, 0.05) is 40.7 Å². The number of carbonyl (C=O) groups excluding carboxylic acids is 1. The van der Waals surface area contributed by atoms with Crippen LogP contribution in [0, 0.1) is 5.82 Å². The first-order valence-corrected chi connectivity index (χ1v) is 12.6. The van der Waals surface area contributed by atoms with E-state index in [-0.39, 0.29) is 11.7 Å². The number of halogens is 1. The second-order valence-corrected chi connectivity index (χ2v) is 9.23. The third-order valence-corrected chi connectivity index (χ3v) is 6.63. The first-order chi connectivity index (χ1) is 18.6. The fraction of sp³-hybridized carbons (Fsp3) is 0.133. The van der Waals surface area contributed by atoms with Gasteiger partial charge in [0.25, 0.3) is 0 Å². The average Bonchev–Trinajstić information content (AvgIpc) is 3.56. The molecule has 0 unspecified atom stereocenters. The maximum Gasteiger partial charge on any atom is 0.224 e. The first-order valence-electron chi connectivity index (χ1n) is 12.6. The van der Waals surface area contributed by atoms with Gasteiger partial charge in [0.1, 0.15) is 17.2 Å². The second-order valence-electron chi connectivity index (χ2n) is 9.23. The Morgan fingerprint density at radius 2 is 1.87 bits per heavy atom. The second kappa shape index (κ2) is 9.89. The first kappa shape index (κ1) is 23.5. The summed E-state index contributed by atoms with van der Waals surface area (Å²) < 4.78 is 14.6. The van der Waals surface area contributed by atoms with Crippen LogP contribution >= 0.6 is 0 Å². The number of pyridine rings is 2. The van der Waals surface area contributed by atoms with Crippen molar-refractivity contribution in [3.05, 3.63) is 85.1 Å². The van der Waals surface area contributed by atoms with Crippen molar-refractivity contribution >= 4 is 33.5 Å². The number of aromatic amines is 2. The van der Waals surface area contributed by atoms with Crippen LogP contribution in [0.5, 0.6) is 0 Å². The number of fused-ring (bicyclic) bond motifs is 2. The molecule has 0 fully saturated rings. The maximum absolute atomic E-state index is 14.6. The van der Waals surface area contributed by atoms with Crippen molar-refractivity contribution in [3.8, 4) is 33.6 Å². The highest BCUT2D eigenvalue weighted by atomic mass is 19.1. The third kappa shape index (κ3) is 4.41. The number of H-pyrrole nitrogens is 2. The molecule has 0 bridgehead atoms. The van der Waals surface area contributed by atoms with Gasteiger partial charge in [0.2, 0.25) is 5.91 Å². The van der Waals surface area contributed by atoms with E-state index >= 15 is 0 Å². The van der Waals surface area contributed by atoms with E-state index in [0.29, 0.717) is 23.3 Å². The fourth-order valence-corrected chi connectivity index (χ4v) is 4.69. The summed E-state index contributed by atoms with van der Waals surface area (Å²) in [4.78, 5) is 24.3. The van der Waals surface area contributed by atoms with Crippen LogP contribution in [0.1, 0.15) is 26.2 Å². The molecule has 3 N–H and O–H groups in total. The number of unbranched alkanes of at least 4 members (excludes halogenated alkanes) is 1. The number of hydrogen-bond acceptors (Lipinski definition) is 4. The number of anilines is 1. The van der Waals surface area contributed by atoms with Gasteiger partial charge in [-0.2, -0.15) is 5.10 Å². The van der Waals surface area contributed by atoms with Crippen molar-refractivity contribution in [1.82, 2.24) is 25.1 Å². The molecule has 0 spiro atoms. The van der Waals surface area contributed by atoms with Crippen LogP contribution in [0.15, 0.2) is 79.3 Å². The van der Waals surface area contributed by atoms with E-state index in [2.05, 4.69) is 37.4 Å². The van der Waals surface area contributed by atoms with Gasteiger partial charge in [-0.25, -0.2) is 9.37 Å². The Bertz CT molecular complexity index is 1790. The summed E-state index contributed by atoms with van der Waals surface area (Å²) in [7, 11) is 0. The Balaban J connectivity index is 1.38. The Morgan fingerprint density at radius 1 is 0.974 bits per heavy atom. The summed E-state index contributed by atoms with van der Waals surface area (Å²) in [5.74, 6) is -0.296. The quantitative estimate of drug-likeness (QED) is 0.216. The Kier molecular flexibility index (Phi) is 6.13. The molecule has 188 valence electrons. The topological polar surface area (TPSA) is 99.3 Å². The molecule has 4 aromatic heterocycles. The van der Waals surface area contributed by atoms with Crippen LogP contribution in [-0.4, -0.2) is 31.1 Å². The monoisotopic (exact) mass is 504 g/mol. The number of aromatic nitrogens is 5. The molecule has 7 nitrogen and oxygen atoms in total. The summed E-state index contributed by atoms with van der Waals surface area (Å²) in [5.41, 5.74) is 6.81. The summed E-state index contributed by atoms with van der Waals surface area (Å²) >= 11 is 0. The molecular formula is C30H25FN6O. The Labute approximate surface area is 218 Å². The molecule has 1 amide bonds. The van der Waals surface area contributed by atoms with Gasteiger partial charge >= 0.3 is 0 Å². The van der Waals surface area contributed by atoms with E-state index in [4.69, 9.17) is 0 Å². The summed E-state index contributed by atoms with van der Waals surface area (Å²) in [6, 6.07) is 18.4. The number of nitrogens with one attached hydrogen (secondary N) is 3. The van der Waals surface area contributed by atoms with Gasteiger partial charge in [0.15, 0.2) is 0 Å². The van der Waals surface area contributed by atoms with E-state index < -0.39 is 0 Å². The lowest BCUT2D eigenvalue weighted by atomic mass is 10.0. The van der Waals surface area contributed by atoms with Gasteiger partial charge in [0.05, 0.1) is 23.1 Å². The normalized spacial score (nSPS) is 11.3. The van der Waals surface area contributed by atoms with Crippen LogP contribution < -0.4 is 5.32 Å². The van der Waals surface area contributed by atoms with E-state index in [9.17, 15) is 9.18 Å². The zero-order valence-electron chi connectivity index (χ0n) is 20.8. The molecule has 0 aliphatic heterocycles. The zero-order chi connectivity index (χ0) is 26.1. The van der Waals surface area contributed by atoms with Crippen molar-refractivity contribution in [2.75, 3.05) is 5.32 Å². The third-order valence-electron chi connectivity index (χ3n) is 6.63. The van der Waals surface area contributed by atoms with Crippen molar-refractivity contribution < 1.29 is 9.18 Å². The van der Waals surface area contributed by atoms with Crippen LogP contribution in [0.4, 0.5) is 10.1 Å². The summed E-state index contributed by atoms with van der Waals surface area (Å²) in [6.45, 7) is 2.06. The molecule has 0 atom stereocenters. The number of carbonyl (C=O) groups is 1. The fourth-order valence-electron chi connectivity index (χ4n) is 4.69. The van der Waals surface area contributed by atoms with Crippen LogP contribution in [0.25, 0.3) is 55.6 Å². The number of hydrogen-bond donors (Lipinski definition) is 3.